The number of rotatable bonds is 3. The zero-order chi connectivity index (χ0) is 10.6. The van der Waals surface area contributed by atoms with Crippen molar-refractivity contribution in [2.45, 2.75) is 19.3 Å². The number of nitrogens with zero attached hydrogens (tertiary/aromatic N) is 1. The van der Waals surface area contributed by atoms with Gasteiger partial charge in [0.05, 0.1) is 6.07 Å². The van der Waals surface area contributed by atoms with E-state index in [1.807, 2.05) is 6.07 Å². The van der Waals surface area contributed by atoms with Gasteiger partial charge in [0, 0.05) is 17.0 Å². The normalized spacial score (nSPS) is 10.2. The van der Waals surface area contributed by atoms with E-state index in [1.165, 1.54) is 18.2 Å². The Morgan fingerprint density at radius 2 is 2.14 bits per heavy atom. The second kappa shape index (κ2) is 4.92. The summed E-state index contributed by atoms with van der Waals surface area (Å²) in [5.74, 6) is 0. The van der Waals surface area contributed by atoms with Crippen LogP contribution in [-0.4, -0.2) is 0 Å². The molecule has 14 heavy (non-hydrogen) atoms. The van der Waals surface area contributed by atoms with Gasteiger partial charge in [-0.2, -0.15) is 5.26 Å². The van der Waals surface area contributed by atoms with Crippen LogP contribution < -0.4 is 0 Å². The molecule has 0 aliphatic rings. The molecular weight excluding hydrogens is 208 g/mol. The Labute approximate surface area is 85.9 Å². The molecule has 0 radical (unpaired) electrons. The Hall–Kier alpha value is -1.14. The topological polar surface area (TPSA) is 23.8 Å². The highest BCUT2D eigenvalue weighted by molar-refractivity contribution is 6.31. The average Bonchev–Trinajstić information content (AvgIpc) is 2.16. The van der Waals surface area contributed by atoms with Crippen molar-refractivity contribution in [3.05, 3.63) is 34.3 Å². The number of hydrogen-bond acceptors (Lipinski definition) is 1. The Morgan fingerprint density at radius 3 is 2.71 bits per heavy atom. The molecule has 0 N–H and O–H groups in total. The summed E-state index contributed by atoms with van der Waals surface area (Å²) in [6, 6.07) is 6.03. The van der Waals surface area contributed by atoms with Crippen molar-refractivity contribution in [1.29, 1.82) is 5.26 Å². The van der Waals surface area contributed by atoms with Crippen molar-refractivity contribution >= 4 is 11.6 Å². The van der Waals surface area contributed by atoms with Crippen LogP contribution in [0, 0.1) is 11.3 Å². The maximum Gasteiger partial charge on any atom is 0.263 e. The van der Waals surface area contributed by atoms with Gasteiger partial charge in [0.25, 0.3) is 6.43 Å². The zero-order valence-corrected chi connectivity index (χ0v) is 8.06. The summed E-state index contributed by atoms with van der Waals surface area (Å²) in [4.78, 5) is 0. The summed E-state index contributed by atoms with van der Waals surface area (Å²) in [6.45, 7) is 0. The predicted molar refractivity (Wildman–Crippen MR) is 50.3 cm³/mol. The van der Waals surface area contributed by atoms with Gasteiger partial charge in [0.15, 0.2) is 0 Å². The fourth-order valence-electron chi connectivity index (χ4n) is 1.11. The van der Waals surface area contributed by atoms with E-state index in [1.54, 1.807) is 0 Å². The molecule has 1 rings (SSSR count). The van der Waals surface area contributed by atoms with Crippen LogP contribution in [0.5, 0.6) is 0 Å². The van der Waals surface area contributed by atoms with Crippen LogP contribution in [0.2, 0.25) is 5.02 Å². The van der Waals surface area contributed by atoms with Crippen molar-refractivity contribution in [2.24, 2.45) is 0 Å². The number of nitriles is 1. The Kier molecular flexibility index (Phi) is 3.84. The number of aryl methyl sites for hydroxylation is 1. The highest BCUT2D eigenvalue weighted by atomic mass is 35.5. The van der Waals surface area contributed by atoms with Crippen LogP contribution in [0.25, 0.3) is 0 Å². The van der Waals surface area contributed by atoms with Crippen molar-refractivity contribution in [3.8, 4) is 6.07 Å². The molecule has 0 atom stereocenters. The largest absolute Gasteiger partial charge is 0.263 e. The molecule has 0 saturated heterocycles. The first-order valence-corrected chi connectivity index (χ1v) is 4.46. The minimum Gasteiger partial charge on any atom is -0.205 e. The Bertz CT molecular complexity index is 358. The second-order valence-electron chi connectivity index (χ2n) is 2.81. The minimum atomic E-state index is -2.49. The van der Waals surface area contributed by atoms with E-state index in [-0.39, 0.29) is 12.0 Å². The summed E-state index contributed by atoms with van der Waals surface area (Å²) in [5.41, 5.74) is 0.549. The van der Waals surface area contributed by atoms with Gasteiger partial charge in [-0.1, -0.05) is 17.7 Å². The van der Waals surface area contributed by atoms with Crippen molar-refractivity contribution < 1.29 is 8.78 Å². The third kappa shape index (κ3) is 2.68. The fourth-order valence-corrected chi connectivity index (χ4v) is 1.32. The molecule has 0 fully saturated rings. The van der Waals surface area contributed by atoms with Gasteiger partial charge in [0.2, 0.25) is 0 Å². The lowest BCUT2D eigenvalue weighted by molar-refractivity contribution is 0.151. The molecular formula is C10H8ClF2N. The molecule has 74 valence electrons. The molecule has 0 saturated carbocycles. The summed E-state index contributed by atoms with van der Waals surface area (Å²) in [5, 5.41) is 8.79. The van der Waals surface area contributed by atoms with E-state index in [9.17, 15) is 8.78 Å². The first-order valence-electron chi connectivity index (χ1n) is 4.08. The zero-order valence-electron chi connectivity index (χ0n) is 7.30. The van der Waals surface area contributed by atoms with Gasteiger partial charge in [-0.3, -0.25) is 0 Å². The van der Waals surface area contributed by atoms with Crippen LogP contribution in [-0.2, 0) is 6.42 Å². The quantitative estimate of drug-likeness (QED) is 0.754. The smallest absolute Gasteiger partial charge is 0.205 e. The summed E-state index contributed by atoms with van der Waals surface area (Å²) in [6.07, 6.45) is -1.80. The lowest BCUT2D eigenvalue weighted by Crippen LogP contribution is -1.90. The monoisotopic (exact) mass is 215 g/mol. The number of benzene rings is 1. The third-order valence-corrected chi connectivity index (χ3v) is 2.20. The van der Waals surface area contributed by atoms with Crippen LogP contribution in [0.3, 0.4) is 0 Å². The SMILES string of the molecule is N#CCCc1cc(C(F)F)ccc1Cl. The van der Waals surface area contributed by atoms with Gasteiger partial charge in [0.1, 0.15) is 0 Å². The lowest BCUT2D eigenvalue weighted by atomic mass is 10.1. The maximum atomic E-state index is 12.3. The molecule has 1 nitrogen and oxygen atoms in total. The highest BCUT2D eigenvalue weighted by Gasteiger charge is 2.09. The van der Waals surface area contributed by atoms with E-state index < -0.39 is 6.43 Å². The Morgan fingerprint density at radius 1 is 1.43 bits per heavy atom. The Balaban J connectivity index is 2.91. The lowest BCUT2D eigenvalue weighted by Gasteiger charge is -2.05. The molecule has 0 spiro atoms. The van der Waals surface area contributed by atoms with E-state index in [0.29, 0.717) is 17.0 Å². The van der Waals surface area contributed by atoms with Gasteiger partial charge in [-0.15, -0.1) is 0 Å². The predicted octanol–water partition coefficient (Wildman–Crippen LogP) is 3.73. The molecule has 1 aromatic carbocycles. The molecule has 0 aliphatic carbocycles. The number of alkyl halides is 2. The second-order valence-corrected chi connectivity index (χ2v) is 3.22. The van der Waals surface area contributed by atoms with Gasteiger partial charge >= 0.3 is 0 Å². The minimum absolute atomic E-state index is 0.0534. The summed E-state index contributed by atoms with van der Waals surface area (Å²) in [7, 11) is 0. The molecule has 0 bridgehead atoms. The van der Waals surface area contributed by atoms with E-state index >= 15 is 0 Å². The van der Waals surface area contributed by atoms with Crippen molar-refractivity contribution in [1.82, 2.24) is 0 Å². The molecule has 0 aromatic heterocycles. The molecule has 0 unspecified atom stereocenters. The summed E-state index contributed by atoms with van der Waals surface area (Å²) < 4.78 is 24.6. The fraction of sp³-hybridized carbons (Fsp3) is 0.300. The average molecular weight is 216 g/mol. The number of halogens is 3. The molecule has 0 aliphatic heterocycles. The first kappa shape index (κ1) is 10.9. The van der Waals surface area contributed by atoms with Crippen LogP contribution in [0.1, 0.15) is 24.0 Å². The van der Waals surface area contributed by atoms with Gasteiger partial charge < -0.3 is 0 Å². The van der Waals surface area contributed by atoms with Gasteiger partial charge in [-0.25, -0.2) is 8.78 Å². The summed E-state index contributed by atoms with van der Waals surface area (Å²) >= 11 is 5.78. The maximum absolute atomic E-state index is 12.3. The van der Waals surface area contributed by atoms with Crippen LogP contribution >= 0.6 is 11.6 Å². The van der Waals surface area contributed by atoms with E-state index in [2.05, 4.69) is 0 Å². The third-order valence-electron chi connectivity index (χ3n) is 1.83. The van der Waals surface area contributed by atoms with Gasteiger partial charge in [-0.05, 0) is 24.1 Å². The molecule has 1 aromatic rings. The molecule has 4 heteroatoms. The van der Waals surface area contributed by atoms with Crippen molar-refractivity contribution in [3.63, 3.8) is 0 Å². The molecule has 0 amide bonds. The highest BCUT2D eigenvalue weighted by Crippen LogP contribution is 2.25. The van der Waals surface area contributed by atoms with Crippen molar-refractivity contribution in [2.75, 3.05) is 0 Å². The first-order chi connectivity index (χ1) is 6.65. The van der Waals surface area contributed by atoms with Crippen LogP contribution in [0.15, 0.2) is 18.2 Å². The number of hydrogen-bond donors (Lipinski definition) is 0. The van der Waals surface area contributed by atoms with E-state index in [0.717, 1.165) is 0 Å². The van der Waals surface area contributed by atoms with E-state index in [4.69, 9.17) is 16.9 Å². The standard InChI is InChI=1S/C10H8ClF2N/c11-9-4-3-8(10(12)13)6-7(9)2-1-5-14/h3-4,6,10H,1-2H2. The molecule has 0 heterocycles. The van der Waals surface area contributed by atoms with Crippen LogP contribution in [0.4, 0.5) is 8.78 Å².